The topological polar surface area (TPSA) is 122 Å². The summed E-state index contributed by atoms with van der Waals surface area (Å²) in [4.78, 5) is 26.3. The van der Waals surface area contributed by atoms with Gasteiger partial charge >= 0.3 is 12.0 Å². The van der Waals surface area contributed by atoms with Crippen molar-refractivity contribution in [2.24, 2.45) is 0 Å². The molecule has 0 aliphatic carbocycles. The molecule has 0 radical (unpaired) electrons. The summed E-state index contributed by atoms with van der Waals surface area (Å²) in [7, 11) is 0. The first-order chi connectivity index (χ1) is 10.2. The van der Waals surface area contributed by atoms with E-state index in [4.69, 9.17) is 5.11 Å². The van der Waals surface area contributed by atoms with Crippen LogP contribution in [0, 0.1) is 0 Å². The Bertz CT molecular complexity index is 613. The number of anilines is 1. The molecule has 0 atom stereocenters. The van der Waals surface area contributed by atoms with Gasteiger partial charge in [-0.2, -0.15) is 0 Å². The quantitative estimate of drug-likeness (QED) is 0.669. The van der Waals surface area contributed by atoms with Crippen LogP contribution < -0.4 is 10.6 Å². The molecule has 110 valence electrons. The largest absolute Gasteiger partial charge is 0.476 e. The molecule has 3 N–H and O–H groups in total. The van der Waals surface area contributed by atoms with Crippen molar-refractivity contribution in [2.45, 2.75) is 13.0 Å². The number of rotatable bonds is 6. The van der Waals surface area contributed by atoms with Crippen molar-refractivity contribution in [1.82, 2.24) is 25.3 Å². The Labute approximate surface area is 120 Å². The second kappa shape index (κ2) is 6.98. The Morgan fingerprint density at radius 2 is 2.19 bits per heavy atom. The number of pyridine rings is 1. The van der Waals surface area contributed by atoms with E-state index < -0.39 is 12.0 Å². The molecule has 0 aromatic carbocycles. The number of carbonyl (C=O) groups excluding carboxylic acids is 1. The second-order valence-electron chi connectivity index (χ2n) is 4.11. The van der Waals surface area contributed by atoms with E-state index >= 15 is 0 Å². The summed E-state index contributed by atoms with van der Waals surface area (Å²) in [6, 6.07) is 2.54. The normalized spacial score (nSPS) is 10.1. The maximum atomic E-state index is 11.7. The average molecular weight is 290 g/mol. The lowest BCUT2D eigenvalue weighted by Crippen LogP contribution is -2.30. The van der Waals surface area contributed by atoms with Crippen LogP contribution in [-0.2, 0) is 6.54 Å². The fourth-order valence-corrected chi connectivity index (χ4v) is 1.64. The standard InChI is InChI=1S/C12H14N6O3/c19-11(20)10-9(3-1-4-13-10)16-12(21)14-5-2-7-18-8-6-15-17-18/h1,3-4,6,8H,2,5,7H2,(H,19,20)(H2,14,16,21). The number of nitrogens with zero attached hydrogens (tertiary/aromatic N) is 4. The van der Waals surface area contributed by atoms with E-state index in [1.807, 2.05) is 0 Å². The van der Waals surface area contributed by atoms with Gasteiger partial charge in [-0.25, -0.2) is 14.6 Å². The monoisotopic (exact) mass is 290 g/mol. The Balaban J connectivity index is 1.78. The molecule has 0 aliphatic rings. The number of aromatic nitrogens is 4. The first-order valence-electron chi connectivity index (χ1n) is 6.24. The first-order valence-corrected chi connectivity index (χ1v) is 6.24. The highest BCUT2D eigenvalue weighted by molar-refractivity contribution is 5.98. The number of aromatic carboxylic acids is 1. The zero-order valence-corrected chi connectivity index (χ0v) is 11.1. The smallest absolute Gasteiger partial charge is 0.356 e. The van der Waals surface area contributed by atoms with Crippen molar-refractivity contribution in [3.8, 4) is 0 Å². The molecule has 9 nitrogen and oxygen atoms in total. The lowest BCUT2D eigenvalue weighted by Gasteiger charge is -2.09. The van der Waals surface area contributed by atoms with Crippen molar-refractivity contribution < 1.29 is 14.7 Å². The first kappa shape index (κ1) is 14.4. The summed E-state index contributed by atoms with van der Waals surface area (Å²) in [6.07, 6.45) is 5.34. The Hall–Kier alpha value is -2.97. The summed E-state index contributed by atoms with van der Waals surface area (Å²) in [6.45, 7) is 1.06. The third-order valence-electron chi connectivity index (χ3n) is 2.58. The highest BCUT2D eigenvalue weighted by atomic mass is 16.4. The minimum absolute atomic E-state index is 0.152. The SMILES string of the molecule is O=C(NCCCn1ccnn1)Nc1cccnc1C(=O)O. The van der Waals surface area contributed by atoms with Crippen molar-refractivity contribution in [3.63, 3.8) is 0 Å². The molecule has 9 heteroatoms. The number of carbonyl (C=O) groups is 2. The molecule has 2 aromatic rings. The van der Waals surface area contributed by atoms with Crippen LogP contribution in [0.3, 0.4) is 0 Å². The van der Waals surface area contributed by atoms with Crippen LogP contribution in [-0.4, -0.2) is 43.6 Å². The number of nitrogens with one attached hydrogen (secondary N) is 2. The van der Waals surface area contributed by atoms with Gasteiger partial charge in [0, 0.05) is 25.5 Å². The van der Waals surface area contributed by atoms with Gasteiger partial charge in [-0.1, -0.05) is 5.21 Å². The molecule has 0 bridgehead atoms. The molecule has 21 heavy (non-hydrogen) atoms. The number of carboxylic acid groups (broad SMARTS) is 1. The molecule has 2 heterocycles. The minimum atomic E-state index is -1.20. The van der Waals surface area contributed by atoms with Crippen molar-refractivity contribution >= 4 is 17.7 Å². The average Bonchev–Trinajstić information content (AvgIpc) is 2.97. The van der Waals surface area contributed by atoms with Gasteiger partial charge in [-0.3, -0.25) is 4.68 Å². The van der Waals surface area contributed by atoms with Crippen LogP contribution in [0.2, 0.25) is 0 Å². The molecule has 0 unspecified atom stereocenters. The lowest BCUT2D eigenvalue weighted by atomic mass is 10.3. The van der Waals surface area contributed by atoms with Gasteiger partial charge in [0.05, 0.1) is 11.9 Å². The van der Waals surface area contributed by atoms with E-state index in [9.17, 15) is 9.59 Å². The Morgan fingerprint density at radius 3 is 2.90 bits per heavy atom. The van der Waals surface area contributed by atoms with E-state index in [-0.39, 0.29) is 11.4 Å². The number of hydrogen-bond donors (Lipinski definition) is 3. The van der Waals surface area contributed by atoms with Crippen LogP contribution in [0.15, 0.2) is 30.7 Å². The molecule has 2 aromatic heterocycles. The van der Waals surface area contributed by atoms with Gasteiger partial charge in [0.1, 0.15) is 0 Å². The van der Waals surface area contributed by atoms with Crippen LogP contribution in [0.25, 0.3) is 0 Å². The fourth-order valence-electron chi connectivity index (χ4n) is 1.64. The second-order valence-corrected chi connectivity index (χ2v) is 4.11. The summed E-state index contributed by atoms with van der Waals surface area (Å²) < 4.78 is 1.66. The van der Waals surface area contributed by atoms with Crippen LogP contribution >= 0.6 is 0 Å². The van der Waals surface area contributed by atoms with Crippen molar-refractivity contribution in [1.29, 1.82) is 0 Å². The third-order valence-corrected chi connectivity index (χ3v) is 2.58. The predicted molar refractivity (Wildman–Crippen MR) is 72.9 cm³/mol. The zero-order chi connectivity index (χ0) is 15.1. The van der Waals surface area contributed by atoms with E-state index in [0.717, 1.165) is 0 Å². The number of hydrogen-bond acceptors (Lipinski definition) is 5. The third kappa shape index (κ3) is 4.27. The van der Waals surface area contributed by atoms with E-state index in [1.165, 1.54) is 12.3 Å². The Kier molecular flexibility index (Phi) is 4.80. The van der Waals surface area contributed by atoms with Gasteiger partial charge in [0.2, 0.25) is 0 Å². The highest BCUT2D eigenvalue weighted by Crippen LogP contribution is 2.11. The molecule has 0 saturated heterocycles. The van der Waals surface area contributed by atoms with Crippen molar-refractivity contribution in [2.75, 3.05) is 11.9 Å². The Morgan fingerprint density at radius 1 is 1.33 bits per heavy atom. The van der Waals surface area contributed by atoms with Gasteiger partial charge in [-0.15, -0.1) is 5.10 Å². The highest BCUT2D eigenvalue weighted by Gasteiger charge is 2.12. The number of aryl methyl sites for hydroxylation is 1. The summed E-state index contributed by atoms with van der Waals surface area (Å²) in [5.41, 5.74) is -0.0472. The molecular weight excluding hydrogens is 276 g/mol. The van der Waals surface area contributed by atoms with E-state index in [0.29, 0.717) is 19.5 Å². The van der Waals surface area contributed by atoms with Crippen molar-refractivity contribution in [3.05, 3.63) is 36.4 Å². The zero-order valence-electron chi connectivity index (χ0n) is 11.1. The van der Waals surface area contributed by atoms with Gasteiger partial charge < -0.3 is 15.7 Å². The summed E-state index contributed by atoms with van der Waals surface area (Å²) >= 11 is 0. The van der Waals surface area contributed by atoms with Crippen LogP contribution in [0.5, 0.6) is 0 Å². The maximum absolute atomic E-state index is 11.7. The molecule has 0 aliphatic heterocycles. The summed E-state index contributed by atoms with van der Waals surface area (Å²) in [5, 5.41) is 21.5. The molecule has 2 rings (SSSR count). The molecule has 0 fully saturated rings. The van der Waals surface area contributed by atoms with Crippen LogP contribution in [0.4, 0.5) is 10.5 Å². The van der Waals surface area contributed by atoms with Gasteiger partial charge in [0.25, 0.3) is 0 Å². The van der Waals surface area contributed by atoms with E-state index in [2.05, 4.69) is 25.9 Å². The van der Waals surface area contributed by atoms with Crippen LogP contribution in [0.1, 0.15) is 16.9 Å². The molecular formula is C12H14N6O3. The molecule has 2 amide bonds. The van der Waals surface area contributed by atoms with Gasteiger partial charge in [0.15, 0.2) is 5.69 Å². The summed E-state index contributed by atoms with van der Waals surface area (Å²) in [5.74, 6) is -1.20. The van der Waals surface area contributed by atoms with E-state index in [1.54, 1.807) is 23.1 Å². The van der Waals surface area contributed by atoms with Gasteiger partial charge in [-0.05, 0) is 18.6 Å². The molecule has 0 spiro atoms. The number of carboxylic acids is 1. The number of urea groups is 1. The fraction of sp³-hybridized carbons (Fsp3) is 0.250. The number of amides is 2. The molecule has 0 saturated carbocycles. The minimum Gasteiger partial charge on any atom is -0.476 e. The maximum Gasteiger partial charge on any atom is 0.356 e. The predicted octanol–water partition coefficient (Wildman–Crippen LogP) is 0.583. The lowest BCUT2D eigenvalue weighted by molar-refractivity contribution is 0.0691.